The van der Waals surface area contributed by atoms with E-state index in [1.54, 1.807) is 11.8 Å². The summed E-state index contributed by atoms with van der Waals surface area (Å²) in [5.41, 5.74) is 1.66. The molecule has 1 saturated carbocycles. The van der Waals surface area contributed by atoms with E-state index in [0.29, 0.717) is 38.7 Å². The van der Waals surface area contributed by atoms with Gasteiger partial charge < -0.3 is 30.5 Å². The van der Waals surface area contributed by atoms with Crippen LogP contribution in [0.15, 0.2) is 30.5 Å². The normalized spacial score (nSPS) is 15.8. The van der Waals surface area contributed by atoms with E-state index in [-0.39, 0.29) is 18.9 Å². The molecule has 1 amide bonds. The Morgan fingerprint density at radius 2 is 1.78 bits per heavy atom. The molecule has 5 rings (SSSR count). The van der Waals surface area contributed by atoms with Gasteiger partial charge >= 0.3 is 5.97 Å². The van der Waals surface area contributed by atoms with Crippen LogP contribution in [0.5, 0.6) is 0 Å². The highest BCUT2D eigenvalue weighted by Crippen LogP contribution is 2.26. The average Bonchev–Trinajstić information content (AvgIpc) is 3.53. The third kappa shape index (κ3) is 9.82. The first-order chi connectivity index (χ1) is 22.1. The quantitative estimate of drug-likeness (QED) is 0.124. The minimum absolute atomic E-state index is 0.204. The van der Waals surface area contributed by atoms with Gasteiger partial charge in [0.25, 0.3) is 0 Å². The van der Waals surface area contributed by atoms with Crippen molar-refractivity contribution in [3.63, 3.8) is 0 Å². The molecule has 1 aliphatic carbocycles. The number of hydrogen-bond donors (Lipinski definition) is 3. The molecule has 3 aromatic rings. The molecule has 0 radical (unpaired) electrons. The zero-order valence-corrected chi connectivity index (χ0v) is 26.5. The van der Waals surface area contributed by atoms with E-state index in [9.17, 15) is 9.59 Å². The number of esters is 1. The Morgan fingerprint density at radius 1 is 0.978 bits per heavy atom. The molecule has 3 heterocycles. The molecule has 0 bridgehead atoms. The highest BCUT2D eigenvalue weighted by Gasteiger charge is 2.25. The molecule has 2 aliphatic rings. The number of carbonyl (C=O) groups excluding carboxylic acids is 2. The summed E-state index contributed by atoms with van der Waals surface area (Å²) in [6.07, 6.45) is 10.7. The Kier molecular flexibility index (Phi) is 12.3. The van der Waals surface area contributed by atoms with Gasteiger partial charge in [-0.05, 0) is 64.4 Å². The molecule has 0 spiro atoms. The number of amides is 1. The number of carbonyl (C=O) groups is 2. The predicted octanol–water partition coefficient (Wildman–Crippen LogP) is 2.73. The number of nitrogens with zero attached hydrogens (tertiary/aromatic N) is 7. The van der Waals surface area contributed by atoms with Crippen LogP contribution in [0.3, 0.4) is 0 Å². The van der Waals surface area contributed by atoms with Crippen molar-refractivity contribution in [2.45, 2.75) is 77.4 Å². The lowest BCUT2D eigenvalue weighted by Gasteiger charge is -2.35. The fourth-order valence-electron chi connectivity index (χ4n) is 6.01. The summed E-state index contributed by atoms with van der Waals surface area (Å²) in [4.78, 5) is 37.8. The molecule has 2 aromatic heterocycles. The van der Waals surface area contributed by atoms with E-state index >= 15 is 0 Å². The number of para-hydroxylation sites is 1. The van der Waals surface area contributed by atoms with Crippen LogP contribution in [-0.4, -0.2) is 100 Å². The molecule has 1 saturated heterocycles. The number of aryl methyl sites for hydroxylation is 1. The maximum absolute atomic E-state index is 12.5. The first kappa shape index (κ1) is 32.6. The number of nitrogens with one attached hydrogen (secondary N) is 3. The van der Waals surface area contributed by atoms with Gasteiger partial charge in [0, 0.05) is 44.2 Å². The molecule has 244 valence electrons. The van der Waals surface area contributed by atoms with Gasteiger partial charge in [0.1, 0.15) is 17.9 Å². The molecule has 0 atom stereocenters. The van der Waals surface area contributed by atoms with Gasteiger partial charge in [-0.25, -0.2) is 4.98 Å². The number of anilines is 2. The van der Waals surface area contributed by atoms with Gasteiger partial charge in [-0.3, -0.25) is 14.3 Å². The summed E-state index contributed by atoms with van der Waals surface area (Å²) in [6.45, 7) is 8.59. The molecule has 13 nitrogen and oxygen atoms in total. The largest absolute Gasteiger partial charge is 0.466 e. The van der Waals surface area contributed by atoms with E-state index in [0.717, 1.165) is 67.5 Å². The monoisotopic (exact) mass is 620 g/mol. The van der Waals surface area contributed by atoms with Gasteiger partial charge in [0.05, 0.1) is 24.9 Å². The minimum atomic E-state index is -0.483. The van der Waals surface area contributed by atoms with E-state index in [1.807, 2.05) is 35.1 Å². The second-order valence-electron chi connectivity index (χ2n) is 11.8. The van der Waals surface area contributed by atoms with Gasteiger partial charge in [-0.15, -0.1) is 5.10 Å². The highest BCUT2D eigenvalue weighted by molar-refractivity contribution is 5.94. The zero-order valence-electron chi connectivity index (χ0n) is 26.5. The molecule has 13 heteroatoms. The molecule has 0 unspecified atom stereocenters. The molecule has 1 aliphatic heterocycles. The summed E-state index contributed by atoms with van der Waals surface area (Å²) in [5, 5.41) is 20.2. The van der Waals surface area contributed by atoms with Crippen LogP contribution < -0.4 is 20.9 Å². The Hall–Kier alpha value is -3.84. The van der Waals surface area contributed by atoms with Crippen molar-refractivity contribution in [2.24, 2.45) is 0 Å². The van der Waals surface area contributed by atoms with Crippen LogP contribution >= 0.6 is 0 Å². The van der Waals surface area contributed by atoms with Gasteiger partial charge in [0.2, 0.25) is 11.9 Å². The van der Waals surface area contributed by atoms with Gasteiger partial charge in [0.15, 0.2) is 0 Å². The number of benzene rings is 1. The van der Waals surface area contributed by atoms with Crippen LogP contribution in [0.25, 0.3) is 10.9 Å². The lowest BCUT2D eigenvalue weighted by molar-refractivity contribution is -0.148. The molecule has 45 heavy (non-hydrogen) atoms. The predicted molar refractivity (Wildman–Crippen MR) is 174 cm³/mol. The Balaban J connectivity index is 1.06. The van der Waals surface area contributed by atoms with Crippen LogP contribution in [0, 0.1) is 0 Å². The maximum atomic E-state index is 12.5. The van der Waals surface area contributed by atoms with Crippen molar-refractivity contribution in [1.29, 1.82) is 0 Å². The SMILES string of the molecule is CCOC(=O)CC(=O)N1CCN(c2nc(NCc3cn(CCCNCCCNC4CCCCC4)nn3)nc3ccccc23)CC1. The van der Waals surface area contributed by atoms with E-state index in [2.05, 4.69) is 31.2 Å². The van der Waals surface area contributed by atoms with Crippen molar-refractivity contribution >= 4 is 34.5 Å². The number of fused-ring (bicyclic) bond motifs is 1. The third-order valence-corrected chi connectivity index (χ3v) is 8.44. The number of piperazine rings is 1. The van der Waals surface area contributed by atoms with Crippen LogP contribution in [0.4, 0.5) is 11.8 Å². The van der Waals surface area contributed by atoms with Crippen LogP contribution in [0.2, 0.25) is 0 Å². The summed E-state index contributed by atoms with van der Waals surface area (Å²) in [5.74, 6) is 0.649. The van der Waals surface area contributed by atoms with Crippen molar-refractivity contribution in [3.8, 4) is 0 Å². The lowest BCUT2D eigenvalue weighted by atomic mass is 9.95. The molecule has 1 aromatic carbocycles. The topological polar surface area (TPSA) is 142 Å². The zero-order chi connectivity index (χ0) is 31.3. The molecule has 2 fully saturated rings. The van der Waals surface area contributed by atoms with Crippen LogP contribution in [0.1, 0.15) is 64.0 Å². The molecular formula is C32H48N10O3. The van der Waals surface area contributed by atoms with Crippen molar-refractivity contribution in [3.05, 3.63) is 36.2 Å². The number of ether oxygens (including phenoxy) is 1. The van der Waals surface area contributed by atoms with Gasteiger partial charge in [-0.2, -0.15) is 4.98 Å². The summed E-state index contributed by atoms with van der Waals surface area (Å²) in [7, 11) is 0. The van der Waals surface area contributed by atoms with Crippen molar-refractivity contribution in [2.75, 3.05) is 62.6 Å². The number of rotatable bonds is 16. The van der Waals surface area contributed by atoms with Crippen LogP contribution in [-0.2, 0) is 27.4 Å². The van der Waals surface area contributed by atoms with Crippen molar-refractivity contribution < 1.29 is 14.3 Å². The average molecular weight is 621 g/mol. The Morgan fingerprint density at radius 3 is 2.60 bits per heavy atom. The fourth-order valence-corrected chi connectivity index (χ4v) is 6.01. The Bertz CT molecular complexity index is 1370. The van der Waals surface area contributed by atoms with Crippen molar-refractivity contribution in [1.82, 2.24) is 40.5 Å². The number of hydrogen-bond acceptors (Lipinski definition) is 11. The molecule has 3 N–H and O–H groups in total. The number of aromatic nitrogens is 5. The van der Waals surface area contributed by atoms with E-state index in [4.69, 9.17) is 14.7 Å². The lowest BCUT2D eigenvalue weighted by Crippen LogP contribution is -2.49. The first-order valence-corrected chi connectivity index (χ1v) is 16.6. The van der Waals surface area contributed by atoms with E-state index in [1.165, 1.54) is 32.1 Å². The first-order valence-electron chi connectivity index (χ1n) is 16.6. The van der Waals surface area contributed by atoms with Gasteiger partial charge in [-0.1, -0.05) is 36.6 Å². The maximum Gasteiger partial charge on any atom is 0.315 e. The molecular weight excluding hydrogens is 572 g/mol. The third-order valence-electron chi connectivity index (χ3n) is 8.44. The Labute approximate surface area is 265 Å². The second-order valence-corrected chi connectivity index (χ2v) is 11.8. The fraction of sp³-hybridized carbons (Fsp3) is 0.625. The highest BCUT2D eigenvalue weighted by atomic mass is 16.5. The second kappa shape index (κ2) is 17.0. The summed E-state index contributed by atoms with van der Waals surface area (Å²) in [6, 6.07) is 8.66. The summed E-state index contributed by atoms with van der Waals surface area (Å²) < 4.78 is 6.82. The minimum Gasteiger partial charge on any atom is -0.466 e. The van der Waals surface area contributed by atoms with E-state index < -0.39 is 5.97 Å². The smallest absolute Gasteiger partial charge is 0.315 e. The standard InChI is InChI=1S/C32H48N10O3/c1-2-45-30(44)22-29(43)40-18-20-41(21-19-40)31-27-12-6-7-13-28(27)36-32(37-31)35-23-26-24-42(39-38-26)17-9-15-33-14-8-16-34-25-10-4-3-5-11-25/h6-7,12-13,24-25,33-34H,2-5,8-11,14-23H2,1H3,(H,35,36,37). The summed E-state index contributed by atoms with van der Waals surface area (Å²) >= 11 is 0.